The number of rotatable bonds is 13. The summed E-state index contributed by atoms with van der Waals surface area (Å²) in [4.78, 5) is 29.7. The Morgan fingerprint density at radius 3 is 2.40 bits per heavy atom. The zero-order valence-electron chi connectivity index (χ0n) is 20.9. The molecule has 3 aromatic rings. The third-order valence-corrected chi connectivity index (χ3v) is 5.74. The van der Waals surface area contributed by atoms with E-state index in [4.69, 9.17) is 18.3 Å². The predicted octanol–water partition coefficient (Wildman–Crippen LogP) is 4.71. The average Bonchev–Trinajstić information content (AvgIpc) is 3.55. The van der Waals surface area contributed by atoms with Crippen LogP contribution in [0.15, 0.2) is 57.6 Å². The first-order chi connectivity index (χ1) is 16.9. The van der Waals surface area contributed by atoms with Crippen molar-refractivity contribution in [3.8, 4) is 11.5 Å². The van der Waals surface area contributed by atoms with Gasteiger partial charge in [0.05, 0.1) is 27.0 Å². The van der Waals surface area contributed by atoms with E-state index in [1.165, 1.54) is 6.26 Å². The van der Waals surface area contributed by atoms with Gasteiger partial charge in [-0.25, -0.2) is 0 Å². The summed E-state index contributed by atoms with van der Waals surface area (Å²) in [6.45, 7) is 5.12. The summed E-state index contributed by atoms with van der Waals surface area (Å²) < 4.78 is 21.7. The zero-order chi connectivity index (χ0) is 25.2. The number of unbranched alkanes of at least 4 members (excludes halogenated alkanes) is 1. The van der Waals surface area contributed by atoms with Crippen molar-refractivity contribution in [2.24, 2.45) is 0 Å². The molecule has 2 aromatic heterocycles. The van der Waals surface area contributed by atoms with Gasteiger partial charge in [-0.05, 0) is 61.7 Å². The highest BCUT2D eigenvalue weighted by molar-refractivity contribution is 5.94. The Hall–Kier alpha value is -3.68. The first-order valence-corrected chi connectivity index (χ1v) is 11.8. The van der Waals surface area contributed by atoms with Crippen LogP contribution in [0.5, 0.6) is 11.5 Å². The van der Waals surface area contributed by atoms with Crippen LogP contribution in [0.2, 0.25) is 0 Å². The molecule has 0 saturated heterocycles. The number of carbonyl (C=O) groups is 2. The summed E-state index contributed by atoms with van der Waals surface area (Å²) in [5, 5.41) is 0. The average molecular weight is 483 g/mol. The third kappa shape index (κ3) is 7.15. The highest BCUT2D eigenvalue weighted by atomic mass is 16.5. The van der Waals surface area contributed by atoms with Gasteiger partial charge < -0.3 is 28.1 Å². The summed E-state index contributed by atoms with van der Waals surface area (Å²) in [5.74, 6) is 2.55. The molecule has 188 valence electrons. The highest BCUT2D eigenvalue weighted by Crippen LogP contribution is 2.28. The topological polar surface area (TPSA) is 85.4 Å². The second-order valence-electron chi connectivity index (χ2n) is 8.32. The van der Waals surface area contributed by atoms with E-state index in [1.807, 2.05) is 44.2 Å². The maximum absolute atomic E-state index is 13.5. The molecule has 8 heteroatoms. The van der Waals surface area contributed by atoms with E-state index in [2.05, 4.69) is 0 Å². The minimum Gasteiger partial charge on any atom is -0.493 e. The van der Waals surface area contributed by atoms with Gasteiger partial charge in [-0.1, -0.05) is 19.4 Å². The molecule has 0 radical (unpaired) electrons. The second-order valence-corrected chi connectivity index (χ2v) is 8.32. The fraction of sp³-hybridized carbons (Fsp3) is 0.407. The minimum atomic E-state index is -0.287. The molecule has 3 rings (SSSR count). The third-order valence-electron chi connectivity index (χ3n) is 5.74. The van der Waals surface area contributed by atoms with Crippen LogP contribution in [0, 0.1) is 6.92 Å². The molecule has 0 aliphatic carbocycles. The van der Waals surface area contributed by atoms with Crippen molar-refractivity contribution in [3.05, 3.63) is 71.6 Å². The molecule has 0 atom stereocenters. The van der Waals surface area contributed by atoms with Gasteiger partial charge in [-0.3, -0.25) is 9.59 Å². The molecular formula is C27H34N2O6. The number of hydrogen-bond acceptors (Lipinski definition) is 6. The number of ether oxygens (including phenoxy) is 2. The van der Waals surface area contributed by atoms with E-state index >= 15 is 0 Å². The van der Waals surface area contributed by atoms with Crippen LogP contribution in [-0.4, -0.2) is 55.5 Å². The Bertz CT molecular complexity index is 1090. The van der Waals surface area contributed by atoms with Gasteiger partial charge in [0.15, 0.2) is 17.3 Å². The summed E-state index contributed by atoms with van der Waals surface area (Å²) in [7, 11) is 3.19. The van der Waals surface area contributed by atoms with Gasteiger partial charge in [0.2, 0.25) is 5.91 Å². The number of hydrogen-bond donors (Lipinski definition) is 0. The minimum absolute atomic E-state index is 0.0365. The molecule has 8 nitrogen and oxygen atoms in total. The maximum atomic E-state index is 13.5. The fourth-order valence-electron chi connectivity index (χ4n) is 3.77. The molecule has 0 spiro atoms. The number of benzene rings is 1. The molecule has 2 heterocycles. The Kier molecular flexibility index (Phi) is 9.40. The predicted molar refractivity (Wildman–Crippen MR) is 132 cm³/mol. The monoisotopic (exact) mass is 482 g/mol. The first-order valence-electron chi connectivity index (χ1n) is 11.8. The largest absolute Gasteiger partial charge is 0.493 e. The molecule has 0 bridgehead atoms. The van der Waals surface area contributed by atoms with Crippen LogP contribution in [-0.2, 0) is 17.8 Å². The smallest absolute Gasteiger partial charge is 0.290 e. The number of aryl methyl sites for hydroxylation is 1. The standard InChI is InChI=1S/C27H34N2O6/c1-5-6-14-29(27(31)24-8-7-16-34-24)19-26(30)28(18-22-11-9-20(2)35-22)15-13-21-10-12-23(32-3)25(17-21)33-4/h7-12,16-17H,5-6,13-15,18-19H2,1-4H3. The second kappa shape index (κ2) is 12.7. The van der Waals surface area contributed by atoms with Crippen LogP contribution >= 0.6 is 0 Å². The van der Waals surface area contributed by atoms with Crippen LogP contribution in [0.4, 0.5) is 0 Å². The highest BCUT2D eigenvalue weighted by Gasteiger charge is 2.24. The number of carbonyl (C=O) groups excluding carboxylic acids is 2. The Balaban J connectivity index is 1.76. The number of nitrogens with zero attached hydrogens (tertiary/aromatic N) is 2. The quantitative estimate of drug-likeness (QED) is 0.351. The van der Waals surface area contributed by atoms with Crippen LogP contribution in [0.3, 0.4) is 0 Å². The van der Waals surface area contributed by atoms with Crippen molar-refractivity contribution in [1.29, 1.82) is 0 Å². The van der Waals surface area contributed by atoms with Gasteiger partial charge in [-0.2, -0.15) is 0 Å². The van der Waals surface area contributed by atoms with Gasteiger partial charge >= 0.3 is 0 Å². The van der Waals surface area contributed by atoms with E-state index in [9.17, 15) is 9.59 Å². The number of amides is 2. The fourth-order valence-corrected chi connectivity index (χ4v) is 3.77. The summed E-state index contributed by atoms with van der Waals surface area (Å²) in [6, 6.07) is 12.7. The molecule has 0 unspecified atom stereocenters. The Labute approximate surface area is 206 Å². The Morgan fingerprint density at radius 2 is 1.77 bits per heavy atom. The lowest BCUT2D eigenvalue weighted by molar-refractivity contribution is -0.132. The molecular weight excluding hydrogens is 448 g/mol. The van der Waals surface area contributed by atoms with Crippen molar-refractivity contribution >= 4 is 11.8 Å². The molecule has 0 saturated carbocycles. The normalized spacial score (nSPS) is 10.7. The van der Waals surface area contributed by atoms with Crippen molar-refractivity contribution < 1.29 is 27.9 Å². The SMILES string of the molecule is CCCCN(CC(=O)N(CCc1ccc(OC)c(OC)c1)Cc1ccc(C)o1)C(=O)c1ccco1. The van der Waals surface area contributed by atoms with Gasteiger partial charge in [0.1, 0.15) is 18.1 Å². The van der Waals surface area contributed by atoms with Crippen LogP contribution < -0.4 is 9.47 Å². The lowest BCUT2D eigenvalue weighted by atomic mass is 10.1. The van der Waals surface area contributed by atoms with Gasteiger partial charge in [0.25, 0.3) is 5.91 Å². The molecule has 2 amide bonds. The summed E-state index contributed by atoms with van der Waals surface area (Å²) in [5.41, 5.74) is 1.01. The van der Waals surface area contributed by atoms with Crippen molar-refractivity contribution in [1.82, 2.24) is 9.80 Å². The van der Waals surface area contributed by atoms with Crippen LogP contribution in [0.1, 0.15) is 47.4 Å². The van der Waals surface area contributed by atoms with Gasteiger partial charge in [0, 0.05) is 13.1 Å². The molecule has 0 aliphatic rings. The maximum Gasteiger partial charge on any atom is 0.290 e. The zero-order valence-corrected chi connectivity index (χ0v) is 20.9. The Morgan fingerprint density at radius 1 is 0.971 bits per heavy atom. The van der Waals surface area contributed by atoms with E-state index < -0.39 is 0 Å². The van der Waals surface area contributed by atoms with E-state index in [0.29, 0.717) is 43.3 Å². The molecule has 0 N–H and O–H groups in total. The van der Waals surface area contributed by atoms with Crippen LogP contribution in [0.25, 0.3) is 0 Å². The molecule has 1 aromatic carbocycles. The van der Waals surface area contributed by atoms with Crippen molar-refractivity contribution in [3.63, 3.8) is 0 Å². The molecule has 0 fully saturated rings. The lowest BCUT2D eigenvalue weighted by Gasteiger charge is -2.27. The first kappa shape index (κ1) is 25.9. The number of methoxy groups -OCH3 is 2. The van der Waals surface area contributed by atoms with Crippen molar-refractivity contribution in [2.75, 3.05) is 33.9 Å². The lowest BCUT2D eigenvalue weighted by Crippen LogP contribution is -2.43. The summed E-state index contributed by atoms with van der Waals surface area (Å²) in [6.07, 6.45) is 3.77. The van der Waals surface area contributed by atoms with E-state index in [-0.39, 0.29) is 24.1 Å². The van der Waals surface area contributed by atoms with E-state index in [0.717, 1.165) is 24.2 Å². The summed E-state index contributed by atoms with van der Waals surface area (Å²) >= 11 is 0. The molecule has 0 aliphatic heterocycles. The van der Waals surface area contributed by atoms with Gasteiger partial charge in [-0.15, -0.1) is 0 Å². The molecule has 35 heavy (non-hydrogen) atoms. The number of furan rings is 2. The van der Waals surface area contributed by atoms with E-state index in [1.54, 1.807) is 36.2 Å². The van der Waals surface area contributed by atoms with Crippen molar-refractivity contribution in [2.45, 2.75) is 39.7 Å².